The van der Waals surface area contributed by atoms with E-state index in [9.17, 15) is 4.79 Å². The number of hydrogen-bond donors (Lipinski definition) is 0. The highest BCUT2D eigenvalue weighted by Gasteiger charge is 2.39. The molecule has 1 aromatic heterocycles. The van der Waals surface area contributed by atoms with Crippen molar-refractivity contribution in [2.45, 2.75) is 142 Å². The second-order valence-electron chi connectivity index (χ2n) is 12.6. The third kappa shape index (κ3) is 9.22. The van der Waals surface area contributed by atoms with E-state index in [1.807, 2.05) is 20.8 Å². The molecule has 0 N–H and O–H groups in total. The summed E-state index contributed by atoms with van der Waals surface area (Å²) in [5.41, 5.74) is 1.90. The Morgan fingerprint density at radius 1 is 1.03 bits per heavy atom. The molecule has 1 unspecified atom stereocenters. The molecule has 0 amide bonds. The zero-order valence-corrected chi connectivity index (χ0v) is 23.4. The number of aromatic nitrogens is 1. The second-order valence-corrected chi connectivity index (χ2v) is 12.6. The van der Waals surface area contributed by atoms with Crippen LogP contribution >= 0.6 is 0 Å². The van der Waals surface area contributed by atoms with Crippen LogP contribution in [0.4, 0.5) is 0 Å². The highest BCUT2D eigenvalue weighted by molar-refractivity contribution is 5.71. The zero-order valence-electron chi connectivity index (χ0n) is 23.4. The third-order valence-electron chi connectivity index (χ3n) is 7.49. The van der Waals surface area contributed by atoms with Crippen molar-refractivity contribution in [1.29, 1.82) is 0 Å². The van der Waals surface area contributed by atoms with Crippen LogP contribution in [0.5, 0.6) is 0 Å². The Morgan fingerprint density at radius 2 is 1.69 bits per heavy atom. The maximum absolute atomic E-state index is 12.8. The van der Waals surface area contributed by atoms with Gasteiger partial charge in [-0.15, -0.1) is 0 Å². The van der Waals surface area contributed by atoms with Crippen LogP contribution < -0.4 is 0 Å². The van der Waals surface area contributed by atoms with Crippen LogP contribution in [-0.4, -0.2) is 29.9 Å². The van der Waals surface area contributed by atoms with E-state index in [1.165, 1.54) is 50.5 Å². The van der Waals surface area contributed by atoms with Crippen LogP contribution in [-0.2, 0) is 14.3 Å². The molecule has 2 saturated carbocycles. The number of hydrogen-bond acceptors (Lipinski definition) is 5. The van der Waals surface area contributed by atoms with Gasteiger partial charge in [0.2, 0.25) is 0 Å². The van der Waals surface area contributed by atoms with Crippen molar-refractivity contribution in [3.05, 3.63) is 17.0 Å². The molecule has 0 aromatic carbocycles. The summed E-state index contributed by atoms with van der Waals surface area (Å²) in [6.45, 7) is 14.2. The standard InChI is InChI=1S/C30H51NO4/c1-7-8-17-33-18-9-10-25(20-26(32)34-30(4,5)6)28-27(23-15-16-23)29(35-31-28)24-13-11-22(12-14-24)19-21(2)3/h21-25H,7-20H2,1-6H3/t22-,24-,25?. The minimum atomic E-state index is -0.478. The quantitative estimate of drug-likeness (QED) is 0.194. The molecule has 35 heavy (non-hydrogen) atoms. The number of unbranched alkanes of at least 4 members (excludes halogenated alkanes) is 1. The van der Waals surface area contributed by atoms with Gasteiger partial charge in [-0.25, -0.2) is 0 Å². The van der Waals surface area contributed by atoms with Crippen molar-refractivity contribution in [3.63, 3.8) is 0 Å². The van der Waals surface area contributed by atoms with Gasteiger partial charge in [0, 0.05) is 30.6 Å². The van der Waals surface area contributed by atoms with Gasteiger partial charge in [-0.1, -0.05) is 32.3 Å². The Morgan fingerprint density at radius 3 is 2.29 bits per heavy atom. The van der Waals surface area contributed by atoms with Gasteiger partial charge in [0.05, 0.1) is 12.1 Å². The maximum atomic E-state index is 12.8. The molecule has 0 bridgehead atoms. The number of esters is 1. The minimum Gasteiger partial charge on any atom is -0.460 e. The lowest BCUT2D eigenvalue weighted by atomic mass is 9.76. The molecular formula is C30H51NO4. The summed E-state index contributed by atoms with van der Waals surface area (Å²) in [5, 5.41) is 4.67. The molecule has 0 radical (unpaired) electrons. The van der Waals surface area contributed by atoms with Gasteiger partial charge in [0.25, 0.3) is 0 Å². The second kappa shape index (κ2) is 13.3. The van der Waals surface area contributed by atoms with Gasteiger partial charge in [0.15, 0.2) is 0 Å². The summed E-state index contributed by atoms with van der Waals surface area (Å²) in [6, 6.07) is 0. The Labute approximate surface area is 214 Å². The van der Waals surface area contributed by atoms with Crippen LogP contribution in [0.2, 0.25) is 0 Å². The van der Waals surface area contributed by atoms with Crippen molar-refractivity contribution < 1.29 is 18.8 Å². The molecule has 5 nitrogen and oxygen atoms in total. The van der Waals surface area contributed by atoms with Crippen LogP contribution in [0.3, 0.4) is 0 Å². The van der Waals surface area contributed by atoms with E-state index in [2.05, 4.69) is 25.9 Å². The number of carbonyl (C=O) groups is 1. The predicted molar refractivity (Wildman–Crippen MR) is 141 cm³/mol. The predicted octanol–water partition coefficient (Wildman–Crippen LogP) is 8.28. The van der Waals surface area contributed by atoms with E-state index in [-0.39, 0.29) is 11.9 Å². The average molecular weight is 490 g/mol. The van der Waals surface area contributed by atoms with E-state index < -0.39 is 5.60 Å². The lowest BCUT2D eigenvalue weighted by Crippen LogP contribution is -2.25. The van der Waals surface area contributed by atoms with Crippen LogP contribution in [0.1, 0.15) is 153 Å². The third-order valence-corrected chi connectivity index (χ3v) is 7.49. The fourth-order valence-corrected chi connectivity index (χ4v) is 5.72. The van der Waals surface area contributed by atoms with Crippen LogP contribution in [0, 0.1) is 11.8 Å². The van der Waals surface area contributed by atoms with Crippen molar-refractivity contribution in [3.8, 4) is 0 Å². The van der Waals surface area contributed by atoms with Crippen molar-refractivity contribution in [2.75, 3.05) is 13.2 Å². The number of ether oxygens (including phenoxy) is 2. The van der Waals surface area contributed by atoms with Gasteiger partial charge >= 0.3 is 5.97 Å². The monoisotopic (exact) mass is 489 g/mol. The van der Waals surface area contributed by atoms with E-state index in [4.69, 9.17) is 14.0 Å². The molecule has 1 heterocycles. The smallest absolute Gasteiger partial charge is 0.306 e. The molecule has 0 spiro atoms. The highest BCUT2D eigenvalue weighted by Crippen LogP contribution is 2.50. The molecule has 2 fully saturated rings. The summed E-state index contributed by atoms with van der Waals surface area (Å²) in [5.74, 6) is 3.69. The van der Waals surface area contributed by atoms with Gasteiger partial charge in [0.1, 0.15) is 11.4 Å². The SMILES string of the molecule is CCCCOCCCC(CC(=O)OC(C)(C)C)c1noc([C@H]2CC[C@H](CC(C)C)CC2)c1C1CC1. The maximum Gasteiger partial charge on any atom is 0.306 e. The molecule has 1 aromatic rings. The Hall–Kier alpha value is -1.36. The number of nitrogens with zero attached hydrogens (tertiary/aromatic N) is 1. The van der Waals surface area contributed by atoms with E-state index >= 15 is 0 Å². The van der Waals surface area contributed by atoms with Gasteiger partial charge in [-0.3, -0.25) is 4.79 Å². The summed E-state index contributed by atoms with van der Waals surface area (Å²) in [6.07, 6.45) is 13.1. The molecule has 2 aliphatic carbocycles. The summed E-state index contributed by atoms with van der Waals surface area (Å²) >= 11 is 0. The molecule has 1 atom stereocenters. The van der Waals surface area contributed by atoms with Crippen LogP contribution in [0.25, 0.3) is 0 Å². The average Bonchev–Trinajstić information content (AvgIpc) is 3.52. The Kier molecular flexibility index (Phi) is 10.7. The molecule has 3 rings (SSSR count). The first-order valence-corrected chi connectivity index (χ1v) is 14.5. The molecular weight excluding hydrogens is 438 g/mol. The van der Waals surface area contributed by atoms with Gasteiger partial charge in [-0.05, 0) is 103 Å². The van der Waals surface area contributed by atoms with Crippen molar-refractivity contribution in [2.24, 2.45) is 11.8 Å². The van der Waals surface area contributed by atoms with E-state index in [0.717, 1.165) is 62.2 Å². The molecule has 2 aliphatic rings. The number of carbonyl (C=O) groups excluding carboxylic acids is 1. The molecule has 200 valence electrons. The first-order chi connectivity index (χ1) is 16.7. The largest absolute Gasteiger partial charge is 0.460 e. The lowest BCUT2D eigenvalue weighted by molar-refractivity contribution is -0.155. The summed E-state index contributed by atoms with van der Waals surface area (Å²) < 4.78 is 17.7. The first kappa shape index (κ1) is 28.2. The normalized spacial score (nSPS) is 21.9. The first-order valence-electron chi connectivity index (χ1n) is 14.5. The van der Waals surface area contributed by atoms with E-state index in [1.54, 1.807) is 0 Å². The van der Waals surface area contributed by atoms with Crippen LogP contribution in [0.15, 0.2) is 4.52 Å². The van der Waals surface area contributed by atoms with Gasteiger partial charge < -0.3 is 14.0 Å². The fourth-order valence-electron chi connectivity index (χ4n) is 5.72. The molecule has 0 saturated heterocycles. The molecule has 5 heteroatoms. The van der Waals surface area contributed by atoms with Crippen molar-refractivity contribution in [1.82, 2.24) is 5.16 Å². The Balaban J connectivity index is 1.72. The molecule has 0 aliphatic heterocycles. The highest BCUT2D eigenvalue weighted by atomic mass is 16.6. The summed E-state index contributed by atoms with van der Waals surface area (Å²) in [7, 11) is 0. The lowest BCUT2D eigenvalue weighted by Gasteiger charge is -2.28. The minimum absolute atomic E-state index is 0.0324. The Bertz CT molecular complexity index is 766. The topological polar surface area (TPSA) is 61.6 Å². The number of rotatable bonds is 14. The zero-order chi connectivity index (χ0) is 25.4. The van der Waals surface area contributed by atoms with Crippen molar-refractivity contribution >= 4 is 5.97 Å². The van der Waals surface area contributed by atoms with Gasteiger partial charge in [-0.2, -0.15) is 0 Å². The summed E-state index contributed by atoms with van der Waals surface area (Å²) in [4.78, 5) is 12.8. The van der Waals surface area contributed by atoms with E-state index in [0.29, 0.717) is 18.3 Å². The fraction of sp³-hybridized carbons (Fsp3) is 0.867.